The highest BCUT2D eigenvalue weighted by Gasteiger charge is 2.03. The summed E-state index contributed by atoms with van der Waals surface area (Å²) < 4.78 is 7.09. The Balaban J connectivity index is 2.49. The normalized spacial score (nSPS) is 12.9. The molecule has 0 amide bonds. The Bertz CT molecular complexity index is 270. The number of imidazole rings is 1. The van der Waals surface area contributed by atoms with Crippen LogP contribution in [0.3, 0.4) is 0 Å². The second-order valence-electron chi connectivity index (χ2n) is 3.24. The zero-order chi connectivity index (χ0) is 9.84. The lowest BCUT2D eigenvalue weighted by molar-refractivity contribution is 0.128. The number of hydrogen-bond acceptors (Lipinski definition) is 3. The van der Waals surface area contributed by atoms with Crippen LogP contribution < -0.4 is 5.32 Å². The van der Waals surface area contributed by atoms with E-state index in [1.807, 2.05) is 31.7 Å². The molecule has 0 aliphatic heterocycles. The smallest absolute Gasteiger partial charge is 0.202 e. The number of nitrogens with zero attached hydrogens (tertiary/aromatic N) is 2. The fraction of sp³-hybridized carbons (Fsp3) is 0.667. The zero-order valence-electron chi connectivity index (χ0n) is 8.66. The highest BCUT2D eigenvalue weighted by molar-refractivity contribution is 5.28. The monoisotopic (exact) mass is 183 g/mol. The van der Waals surface area contributed by atoms with Crippen molar-refractivity contribution in [2.45, 2.75) is 20.0 Å². The number of aromatic nitrogens is 2. The summed E-state index contributed by atoms with van der Waals surface area (Å²) in [6, 6.07) is 0. The maximum absolute atomic E-state index is 5.12. The van der Waals surface area contributed by atoms with Crippen molar-refractivity contribution in [1.29, 1.82) is 0 Å². The van der Waals surface area contributed by atoms with Crippen molar-refractivity contribution in [2.75, 3.05) is 19.0 Å². The number of nitrogens with one attached hydrogen (secondary N) is 1. The van der Waals surface area contributed by atoms with Gasteiger partial charge in [0, 0.05) is 26.9 Å². The van der Waals surface area contributed by atoms with Gasteiger partial charge in [-0.05, 0) is 13.8 Å². The summed E-state index contributed by atoms with van der Waals surface area (Å²) in [4.78, 5) is 4.31. The van der Waals surface area contributed by atoms with Gasteiger partial charge in [-0.15, -0.1) is 0 Å². The number of aryl methyl sites for hydroxylation is 2. The summed E-state index contributed by atoms with van der Waals surface area (Å²) in [5.74, 6) is 0.890. The minimum atomic E-state index is 0.206. The van der Waals surface area contributed by atoms with E-state index >= 15 is 0 Å². The molecule has 1 rings (SSSR count). The standard InChI is InChI=1S/C9H17N3O/c1-7-6-12(3)9(11-7)10-5-8(2)13-4/h6,8H,5H2,1-4H3,(H,10,11). The maximum atomic E-state index is 5.12. The van der Waals surface area contributed by atoms with E-state index in [9.17, 15) is 0 Å². The van der Waals surface area contributed by atoms with Crippen LogP contribution in [0.25, 0.3) is 0 Å². The molecular formula is C9H17N3O. The van der Waals surface area contributed by atoms with Crippen molar-refractivity contribution in [3.8, 4) is 0 Å². The molecular weight excluding hydrogens is 166 g/mol. The summed E-state index contributed by atoms with van der Waals surface area (Å²) in [6.45, 7) is 4.77. The minimum absolute atomic E-state index is 0.206. The van der Waals surface area contributed by atoms with E-state index in [0.717, 1.165) is 18.2 Å². The number of anilines is 1. The number of ether oxygens (including phenoxy) is 1. The Morgan fingerprint density at radius 2 is 2.38 bits per heavy atom. The van der Waals surface area contributed by atoms with Crippen molar-refractivity contribution in [1.82, 2.24) is 9.55 Å². The van der Waals surface area contributed by atoms with Crippen LogP contribution in [0, 0.1) is 6.92 Å². The van der Waals surface area contributed by atoms with Crippen molar-refractivity contribution >= 4 is 5.95 Å². The second kappa shape index (κ2) is 4.28. The van der Waals surface area contributed by atoms with Gasteiger partial charge in [0.25, 0.3) is 0 Å². The molecule has 1 aromatic heterocycles. The van der Waals surface area contributed by atoms with Crippen molar-refractivity contribution in [3.63, 3.8) is 0 Å². The molecule has 0 saturated heterocycles. The van der Waals surface area contributed by atoms with Gasteiger partial charge >= 0.3 is 0 Å². The summed E-state index contributed by atoms with van der Waals surface area (Å²) in [5, 5.41) is 3.21. The first-order valence-electron chi connectivity index (χ1n) is 4.40. The van der Waals surface area contributed by atoms with Gasteiger partial charge in [0.15, 0.2) is 0 Å². The van der Waals surface area contributed by atoms with Crippen LogP contribution in [-0.4, -0.2) is 29.3 Å². The van der Waals surface area contributed by atoms with Crippen molar-refractivity contribution in [2.24, 2.45) is 7.05 Å². The van der Waals surface area contributed by atoms with Gasteiger partial charge in [0.2, 0.25) is 5.95 Å². The topological polar surface area (TPSA) is 39.1 Å². The van der Waals surface area contributed by atoms with Gasteiger partial charge in [0.05, 0.1) is 11.8 Å². The molecule has 0 aliphatic carbocycles. The molecule has 0 spiro atoms. The van der Waals surface area contributed by atoms with Crippen LogP contribution in [0.5, 0.6) is 0 Å². The molecule has 1 heterocycles. The first-order chi connectivity index (χ1) is 6.13. The molecule has 1 unspecified atom stereocenters. The minimum Gasteiger partial charge on any atom is -0.380 e. The van der Waals surface area contributed by atoms with Gasteiger partial charge in [0.1, 0.15) is 0 Å². The van der Waals surface area contributed by atoms with E-state index in [1.54, 1.807) is 7.11 Å². The Morgan fingerprint density at radius 3 is 2.85 bits per heavy atom. The van der Waals surface area contributed by atoms with Gasteiger partial charge in [-0.25, -0.2) is 4.98 Å². The highest BCUT2D eigenvalue weighted by atomic mass is 16.5. The Hall–Kier alpha value is -1.03. The molecule has 1 N–H and O–H groups in total. The largest absolute Gasteiger partial charge is 0.380 e. The van der Waals surface area contributed by atoms with Gasteiger partial charge < -0.3 is 14.6 Å². The van der Waals surface area contributed by atoms with Crippen molar-refractivity contribution in [3.05, 3.63) is 11.9 Å². The molecule has 0 bridgehead atoms. The van der Waals surface area contributed by atoms with Gasteiger partial charge in [-0.1, -0.05) is 0 Å². The average molecular weight is 183 g/mol. The van der Waals surface area contributed by atoms with E-state index < -0.39 is 0 Å². The predicted molar refractivity (Wildman–Crippen MR) is 52.9 cm³/mol. The summed E-state index contributed by atoms with van der Waals surface area (Å²) >= 11 is 0. The molecule has 0 radical (unpaired) electrons. The van der Waals surface area contributed by atoms with Crippen LogP contribution in [0.2, 0.25) is 0 Å². The van der Waals surface area contributed by atoms with Crippen molar-refractivity contribution < 1.29 is 4.74 Å². The van der Waals surface area contributed by atoms with Crippen LogP contribution in [0.4, 0.5) is 5.95 Å². The molecule has 0 aliphatic rings. The zero-order valence-corrected chi connectivity index (χ0v) is 8.66. The van der Waals surface area contributed by atoms with Crippen LogP contribution in [0.15, 0.2) is 6.20 Å². The van der Waals surface area contributed by atoms with Crippen LogP contribution in [0.1, 0.15) is 12.6 Å². The predicted octanol–water partition coefficient (Wildman–Crippen LogP) is 1.18. The lowest BCUT2D eigenvalue weighted by Crippen LogP contribution is -2.19. The van der Waals surface area contributed by atoms with E-state index in [4.69, 9.17) is 4.74 Å². The molecule has 4 nitrogen and oxygen atoms in total. The summed E-state index contributed by atoms with van der Waals surface area (Å²) in [5.41, 5.74) is 1.02. The fourth-order valence-corrected chi connectivity index (χ4v) is 1.10. The summed E-state index contributed by atoms with van der Waals surface area (Å²) in [7, 11) is 3.68. The number of hydrogen-bond donors (Lipinski definition) is 1. The third-order valence-corrected chi connectivity index (χ3v) is 1.95. The Kier molecular flexibility index (Phi) is 3.31. The second-order valence-corrected chi connectivity index (χ2v) is 3.24. The Labute approximate surface area is 78.9 Å². The molecule has 1 aromatic rings. The fourth-order valence-electron chi connectivity index (χ4n) is 1.10. The average Bonchev–Trinajstić information content (AvgIpc) is 2.41. The van der Waals surface area contributed by atoms with E-state index in [1.165, 1.54) is 0 Å². The molecule has 74 valence electrons. The molecule has 1 atom stereocenters. The van der Waals surface area contributed by atoms with Crippen LogP contribution in [-0.2, 0) is 11.8 Å². The SMILES string of the molecule is COC(C)CNc1nc(C)cn1C. The number of rotatable bonds is 4. The summed E-state index contributed by atoms with van der Waals surface area (Å²) in [6.07, 6.45) is 2.19. The molecule has 4 heteroatoms. The van der Waals surface area contributed by atoms with E-state index in [2.05, 4.69) is 10.3 Å². The highest BCUT2D eigenvalue weighted by Crippen LogP contribution is 2.05. The Morgan fingerprint density at radius 1 is 1.69 bits per heavy atom. The third-order valence-electron chi connectivity index (χ3n) is 1.95. The maximum Gasteiger partial charge on any atom is 0.202 e. The molecule has 0 saturated carbocycles. The number of methoxy groups -OCH3 is 1. The third kappa shape index (κ3) is 2.73. The lowest BCUT2D eigenvalue weighted by atomic mass is 10.4. The van der Waals surface area contributed by atoms with Gasteiger partial charge in [-0.2, -0.15) is 0 Å². The molecule has 0 fully saturated rings. The van der Waals surface area contributed by atoms with Crippen LogP contribution >= 0.6 is 0 Å². The first kappa shape index (κ1) is 10.1. The molecule has 0 aromatic carbocycles. The molecule has 13 heavy (non-hydrogen) atoms. The van der Waals surface area contributed by atoms with E-state index in [-0.39, 0.29) is 6.10 Å². The van der Waals surface area contributed by atoms with E-state index in [0.29, 0.717) is 0 Å². The quantitative estimate of drug-likeness (QED) is 0.761. The lowest BCUT2D eigenvalue weighted by Gasteiger charge is -2.10. The first-order valence-corrected chi connectivity index (χ1v) is 4.40. The van der Waals surface area contributed by atoms with Gasteiger partial charge in [-0.3, -0.25) is 0 Å².